The number of fused-ring (bicyclic) bond motifs is 1. The van der Waals surface area contributed by atoms with Crippen molar-refractivity contribution in [3.63, 3.8) is 0 Å². The number of H-pyrrole nitrogens is 1. The number of likely N-dealkylation sites (N-methyl/N-ethyl adjacent to an activating group) is 1. The summed E-state index contributed by atoms with van der Waals surface area (Å²) in [5.74, 6) is 0. The summed E-state index contributed by atoms with van der Waals surface area (Å²) in [6.45, 7) is 8.27. The summed E-state index contributed by atoms with van der Waals surface area (Å²) in [6, 6.07) is 9.38. The second kappa shape index (κ2) is 6.60. The van der Waals surface area contributed by atoms with E-state index in [1.54, 1.807) is 0 Å². The lowest BCUT2D eigenvalue weighted by Gasteiger charge is -2.34. The Kier molecular flexibility index (Phi) is 4.58. The minimum atomic E-state index is 0.579. The van der Waals surface area contributed by atoms with Gasteiger partial charge in [-0.05, 0) is 43.1 Å². The Morgan fingerprint density at radius 2 is 2.10 bits per heavy atom. The van der Waals surface area contributed by atoms with Crippen LogP contribution in [-0.4, -0.2) is 60.7 Å². The van der Waals surface area contributed by atoms with Gasteiger partial charge in [0.1, 0.15) is 0 Å². The molecule has 0 amide bonds. The molecule has 0 spiro atoms. The van der Waals surface area contributed by atoms with E-state index in [-0.39, 0.29) is 0 Å². The predicted octanol–water partition coefficient (Wildman–Crippen LogP) is 2.32. The summed E-state index contributed by atoms with van der Waals surface area (Å²) in [4.78, 5) is 8.18. The Labute approximate surface area is 126 Å². The molecule has 1 fully saturated rings. The molecule has 0 saturated carbocycles. The molecule has 1 N–H and O–H groups in total. The first-order valence-corrected chi connectivity index (χ1v) is 7.79. The Morgan fingerprint density at radius 3 is 2.90 bits per heavy atom. The maximum atomic E-state index is 5.43. The third-order valence-corrected chi connectivity index (χ3v) is 4.32. The zero-order chi connectivity index (χ0) is 14.7. The van der Waals surface area contributed by atoms with Crippen molar-refractivity contribution >= 4 is 10.9 Å². The molecular formula is C17H25N3O. The molecule has 1 atom stereocenters. The van der Waals surface area contributed by atoms with Crippen LogP contribution in [0.4, 0.5) is 0 Å². The quantitative estimate of drug-likeness (QED) is 0.916. The number of ether oxygens (including phenoxy) is 1. The van der Waals surface area contributed by atoms with Crippen molar-refractivity contribution in [1.29, 1.82) is 0 Å². The van der Waals surface area contributed by atoms with E-state index in [2.05, 4.69) is 53.0 Å². The van der Waals surface area contributed by atoms with Gasteiger partial charge in [0.15, 0.2) is 0 Å². The fourth-order valence-electron chi connectivity index (χ4n) is 3.16. The smallest absolute Gasteiger partial charge is 0.0594 e. The maximum Gasteiger partial charge on any atom is 0.0594 e. The molecule has 1 aromatic heterocycles. The molecule has 4 heteroatoms. The number of benzene rings is 1. The van der Waals surface area contributed by atoms with E-state index in [9.17, 15) is 0 Å². The van der Waals surface area contributed by atoms with Crippen LogP contribution in [0.2, 0.25) is 0 Å². The number of hydrogen-bond acceptors (Lipinski definition) is 3. The molecule has 1 aromatic carbocycles. The molecule has 0 radical (unpaired) electrons. The molecule has 1 saturated heterocycles. The maximum absolute atomic E-state index is 5.43. The van der Waals surface area contributed by atoms with Gasteiger partial charge < -0.3 is 14.6 Å². The van der Waals surface area contributed by atoms with E-state index in [1.807, 2.05) is 6.20 Å². The van der Waals surface area contributed by atoms with Gasteiger partial charge in [0, 0.05) is 43.9 Å². The second-order valence-corrected chi connectivity index (χ2v) is 6.09. The number of nitrogens with zero attached hydrogens (tertiary/aromatic N) is 2. The van der Waals surface area contributed by atoms with Crippen LogP contribution in [0.1, 0.15) is 12.5 Å². The summed E-state index contributed by atoms with van der Waals surface area (Å²) in [5.41, 5.74) is 2.59. The molecule has 0 aliphatic carbocycles. The number of rotatable bonds is 5. The lowest BCUT2D eigenvalue weighted by atomic mass is 10.1. The lowest BCUT2D eigenvalue weighted by molar-refractivity contribution is 0.0137. The second-order valence-electron chi connectivity index (χ2n) is 6.09. The van der Waals surface area contributed by atoms with Crippen LogP contribution in [0.5, 0.6) is 0 Å². The summed E-state index contributed by atoms with van der Waals surface area (Å²) >= 11 is 0. The van der Waals surface area contributed by atoms with E-state index in [0.29, 0.717) is 6.04 Å². The molecule has 4 nitrogen and oxygen atoms in total. The minimum absolute atomic E-state index is 0.579. The number of hydrogen-bond donors (Lipinski definition) is 1. The predicted molar refractivity (Wildman–Crippen MR) is 86.5 cm³/mol. The van der Waals surface area contributed by atoms with Crippen molar-refractivity contribution in [2.45, 2.75) is 19.5 Å². The van der Waals surface area contributed by atoms with Gasteiger partial charge in [0.05, 0.1) is 13.2 Å². The first-order chi connectivity index (χ1) is 10.2. The van der Waals surface area contributed by atoms with Gasteiger partial charge in [0.2, 0.25) is 0 Å². The van der Waals surface area contributed by atoms with Gasteiger partial charge in [-0.25, -0.2) is 0 Å². The largest absolute Gasteiger partial charge is 0.379 e. The highest BCUT2D eigenvalue weighted by molar-refractivity contribution is 5.79. The number of aromatic nitrogens is 1. The highest BCUT2D eigenvalue weighted by Gasteiger charge is 2.18. The minimum Gasteiger partial charge on any atom is -0.379 e. The standard InChI is InChI=1S/C17H25N3O/c1-14(20-7-9-21-10-8-20)12-19(2)13-15-3-4-17-16(11-15)5-6-18-17/h3-6,11,14,18H,7-10,12-13H2,1-2H3. The van der Waals surface area contributed by atoms with Gasteiger partial charge in [-0.1, -0.05) is 6.07 Å². The molecule has 2 heterocycles. The van der Waals surface area contributed by atoms with Gasteiger partial charge in [-0.3, -0.25) is 4.90 Å². The Balaban J connectivity index is 1.56. The third kappa shape index (κ3) is 3.64. The molecule has 1 aliphatic rings. The van der Waals surface area contributed by atoms with Crippen LogP contribution in [0.3, 0.4) is 0 Å². The Bertz CT molecular complexity index is 574. The van der Waals surface area contributed by atoms with Crippen LogP contribution in [0.15, 0.2) is 30.5 Å². The molecule has 0 bridgehead atoms. The molecule has 1 aliphatic heterocycles. The number of aromatic amines is 1. The van der Waals surface area contributed by atoms with Crippen LogP contribution in [0.25, 0.3) is 10.9 Å². The Morgan fingerprint density at radius 1 is 1.29 bits per heavy atom. The normalized spacial score (nSPS) is 18.4. The molecular weight excluding hydrogens is 262 g/mol. The van der Waals surface area contributed by atoms with E-state index in [4.69, 9.17) is 4.74 Å². The monoisotopic (exact) mass is 287 g/mol. The van der Waals surface area contributed by atoms with E-state index < -0.39 is 0 Å². The average Bonchev–Trinajstić information content (AvgIpc) is 2.95. The molecule has 21 heavy (non-hydrogen) atoms. The van der Waals surface area contributed by atoms with Gasteiger partial charge in [-0.2, -0.15) is 0 Å². The number of morpholine rings is 1. The highest BCUT2D eigenvalue weighted by Crippen LogP contribution is 2.16. The first-order valence-electron chi connectivity index (χ1n) is 7.79. The summed E-state index contributed by atoms with van der Waals surface area (Å²) in [7, 11) is 2.21. The van der Waals surface area contributed by atoms with E-state index in [1.165, 1.54) is 16.5 Å². The third-order valence-electron chi connectivity index (χ3n) is 4.32. The van der Waals surface area contributed by atoms with Crippen LogP contribution >= 0.6 is 0 Å². The topological polar surface area (TPSA) is 31.5 Å². The van der Waals surface area contributed by atoms with Crippen LogP contribution < -0.4 is 0 Å². The van der Waals surface area contributed by atoms with Crippen molar-refractivity contribution in [3.8, 4) is 0 Å². The summed E-state index contributed by atoms with van der Waals surface area (Å²) < 4.78 is 5.43. The molecule has 114 valence electrons. The average molecular weight is 287 g/mol. The zero-order valence-corrected chi connectivity index (χ0v) is 13.0. The van der Waals surface area contributed by atoms with Gasteiger partial charge in [0.25, 0.3) is 0 Å². The summed E-state index contributed by atoms with van der Waals surface area (Å²) in [5, 5.41) is 1.29. The van der Waals surface area contributed by atoms with Crippen molar-refractivity contribution < 1.29 is 4.74 Å². The lowest BCUT2D eigenvalue weighted by Crippen LogP contribution is -2.46. The van der Waals surface area contributed by atoms with Crippen molar-refractivity contribution in [2.75, 3.05) is 39.9 Å². The molecule has 1 unspecified atom stereocenters. The summed E-state index contributed by atoms with van der Waals surface area (Å²) in [6.07, 6.45) is 2.00. The first kappa shape index (κ1) is 14.6. The van der Waals surface area contributed by atoms with Gasteiger partial charge >= 0.3 is 0 Å². The number of nitrogens with one attached hydrogen (secondary N) is 1. The van der Waals surface area contributed by atoms with Crippen LogP contribution in [0, 0.1) is 0 Å². The van der Waals surface area contributed by atoms with E-state index >= 15 is 0 Å². The SMILES string of the molecule is CC(CN(C)Cc1ccc2[nH]ccc2c1)N1CCOCC1. The van der Waals surface area contributed by atoms with Crippen LogP contribution in [-0.2, 0) is 11.3 Å². The molecule has 2 aromatic rings. The fraction of sp³-hybridized carbons (Fsp3) is 0.529. The zero-order valence-electron chi connectivity index (χ0n) is 13.0. The highest BCUT2D eigenvalue weighted by atomic mass is 16.5. The Hall–Kier alpha value is -1.36. The fourth-order valence-corrected chi connectivity index (χ4v) is 3.16. The van der Waals surface area contributed by atoms with Gasteiger partial charge in [-0.15, -0.1) is 0 Å². The van der Waals surface area contributed by atoms with E-state index in [0.717, 1.165) is 39.4 Å². The molecule has 3 rings (SSSR count). The van der Waals surface area contributed by atoms with Crippen molar-refractivity contribution in [1.82, 2.24) is 14.8 Å². The van der Waals surface area contributed by atoms with Crippen molar-refractivity contribution in [2.24, 2.45) is 0 Å². The van der Waals surface area contributed by atoms with Crippen molar-refractivity contribution in [3.05, 3.63) is 36.0 Å².